The zero-order chi connectivity index (χ0) is 12.2. The number of hydrogen-bond donors (Lipinski definition) is 1. The molecule has 0 aromatic rings. The molecule has 1 aliphatic carbocycles. The van der Waals surface area contributed by atoms with Crippen LogP contribution < -0.4 is 5.73 Å². The molecule has 0 radical (unpaired) electrons. The second kappa shape index (κ2) is 5.87. The van der Waals surface area contributed by atoms with E-state index in [0.717, 1.165) is 25.7 Å². The number of nitrogens with two attached hydrogens (primary N) is 1. The Hall–Kier alpha value is -0.290. The highest BCUT2D eigenvalue weighted by Gasteiger charge is 2.39. The maximum atomic E-state index is 12.5. The third kappa shape index (κ3) is 3.94. The second-order valence-electron chi connectivity index (χ2n) is 4.71. The lowest BCUT2D eigenvalue weighted by molar-refractivity contribution is -0.176. The van der Waals surface area contributed by atoms with Crippen molar-refractivity contribution in [1.29, 1.82) is 0 Å². The quantitative estimate of drug-likeness (QED) is 0.814. The van der Waals surface area contributed by atoms with Crippen LogP contribution in [0.2, 0.25) is 0 Å². The van der Waals surface area contributed by atoms with E-state index in [1.807, 2.05) is 4.90 Å². The minimum atomic E-state index is -4.17. The summed E-state index contributed by atoms with van der Waals surface area (Å²) in [5, 5.41) is 0. The molecule has 0 aromatic carbocycles. The predicted octanol–water partition coefficient (Wildman–Crippen LogP) is 2.39. The topological polar surface area (TPSA) is 29.3 Å². The summed E-state index contributed by atoms with van der Waals surface area (Å²) in [7, 11) is 1.78. The van der Waals surface area contributed by atoms with Gasteiger partial charge in [-0.1, -0.05) is 19.3 Å². The fourth-order valence-electron chi connectivity index (χ4n) is 2.33. The Morgan fingerprint density at radius 2 is 1.81 bits per heavy atom. The molecule has 0 spiro atoms. The van der Waals surface area contributed by atoms with Gasteiger partial charge in [-0.15, -0.1) is 0 Å². The van der Waals surface area contributed by atoms with Gasteiger partial charge in [-0.3, -0.25) is 0 Å². The normalized spacial score (nSPS) is 21.4. The van der Waals surface area contributed by atoms with Crippen LogP contribution in [-0.2, 0) is 0 Å². The molecule has 0 aromatic heterocycles. The molecule has 2 N–H and O–H groups in total. The molecule has 1 atom stereocenters. The van der Waals surface area contributed by atoms with Crippen molar-refractivity contribution in [2.75, 3.05) is 20.1 Å². The lowest BCUT2D eigenvalue weighted by Crippen LogP contribution is -2.43. The van der Waals surface area contributed by atoms with E-state index in [1.165, 1.54) is 6.42 Å². The number of alkyl halides is 3. The van der Waals surface area contributed by atoms with Gasteiger partial charge in [-0.2, -0.15) is 13.2 Å². The Morgan fingerprint density at radius 3 is 2.25 bits per heavy atom. The van der Waals surface area contributed by atoms with E-state index in [-0.39, 0.29) is 13.1 Å². The van der Waals surface area contributed by atoms with Crippen molar-refractivity contribution in [2.45, 2.75) is 44.3 Å². The van der Waals surface area contributed by atoms with E-state index in [2.05, 4.69) is 0 Å². The van der Waals surface area contributed by atoms with E-state index in [1.54, 1.807) is 7.05 Å². The summed E-state index contributed by atoms with van der Waals surface area (Å²) in [5.74, 6) is -1.39. The SMILES string of the molecule is CN(CC(CN)C(F)(F)F)C1CCCCC1. The van der Waals surface area contributed by atoms with Crippen molar-refractivity contribution < 1.29 is 13.2 Å². The molecule has 0 saturated heterocycles. The second-order valence-corrected chi connectivity index (χ2v) is 4.71. The van der Waals surface area contributed by atoms with Gasteiger partial charge in [-0.05, 0) is 19.9 Å². The van der Waals surface area contributed by atoms with Crippen LogP contribution in [0.15, 0.2) is 0 Å². The van der Waals surface area contributed by atoms with Gasteiger partial charge in [0.05, 0.1) is 5.92 Å². The van der Waals surface area contributed by atoms with E-state index in [4.69, 9.17) is 5.73 Å². The lowest BCUT2D eigenvalue weighted by Gasteiger charge is -2.34. The molecule has 0 amide bonds. The standard InChI is InChI=1S/C11H21F3N2/c1-16(10-5-3-2-4-6-10)8-9(7-15)11(12,13)14/h9-10H,2-8,15H2,1H3. The lowest BCUT2D eigenvalue weighted by atomic mass is 9.94. The van der Waals surface area contributed by atoms with Gasteiger partial charge in [0, 0.05) is 19.1 Å². The van der Waals surface area contributed by atoms with Crippen molar-refractivity contribution >= 4 is 0 Å². The number of nitrogens with zero attached hydrogens (tertiary/aromatic N) is 1. The maximum Gasteiger partial charge on any atom is 0.394 e. The summed E-state index contributed by atoms with van der Waals surface area (Å²) in [6.45, 7) is -0.286. The highest BCUT2D eigenvalue weighted by atomic mass is 19.4. The van der Waals surface area contributed by atoms with Crippen LogP contribution in [0, 0.1) is 5.92 Å². The predicted molar refractivity (Wildman–Crippen MR) is 58.1 cm³/mol. The molecule has 1 saturated carbocycles. The van der Waals surface area contributed by atoms with Crippen LogP contribution in [0.25, 0.3) is 0 Å². The zero-order valence-corrected chi connectivity index (χ0v) is 9.76. The minimum Gasteiger partial charge on any atom is -0.330 e. The van der Waals surface area contributed by atoms with Crippen molar-refractivity contribution in [3.8, 4) is 0 Å². The van der Waals surface area contributed by atoms with Gasteiger partial charge in [0.25, 0.3) is 0 Å². The smallest absolute Gasteiger partial charge is 0.330 e. The first-order valence-corrected chi connectivity index (χ1v) is 5.92. The highest BCUT2D eigenvalue weighted by Crippen LogP contribution is 2.28. The van der Waals surface area contributed by atoms with Gasteiger partial charge in [0.1, 0.15) is 0 Å². The summed E-state index contributed by atoms with van der Waals surface area (Å²) in [4.78, 5) is 1.84. The molecule has 0 aliphatic heterocycles. The Balaban J connectivity index is 2.44. The Bertz CT molecular complexity index is 200. The Morgan fingerprint density at radius 1 is 1.25 bits per heavy atom. The van der Waals surface area contributed by atoms with Crippen LogP contribution in [0.3, 0.4) is 0 Å². The molecular formula is C11H21F3N2. The third-order valence-electron chi connectivity index (χ3n) is 3.45. The largest absolute Gasteiger partial charge is 0.394 e. The van der Waals surface area contributed by atoms with Crippen molar-refractivity contribution in [1.82, 2.24) is 4.90 Å². The average Bonchev–Trinajstić information content (AvgIpc) is 2.25. The minimum absolute atomic E-state index is 0.0324. The molecule has 16 heavy (non-hydrogen) atoms. The summed E-state index contributed by atoms with van der Waals surface area (Å²) < 4.78 is 37.6. The highest BCUT2D eigenvalue weighted by molar-refractivity contribution is 4.78. The van der Waals surface area contributed by atoms with E-state index >= 15 is 0 Å². The van der Waals surface area contributed by atoms with Crippen LogP contribution in [0.4, 0.5) is 13.2 Å². The number of rotatable bonds is 4. The summed E-state index contributed by atoms with van der Waals surface area (Å²) in [6, 6.07) is 0.310. The summed E-state index contributed by atoms with van der Waals surface area (Å²) in [5.41, 5.74) is 5.19. The molecule has 1 aliphatic rings. The fourth-order valence-corrected chi connectivity index (χ4v) is 2.33. The molecule has 1 rings (SSSR count). The molecule has 5 heteroatoms. The van der Waals surface area contributed by atoms with Gasteiger partial charge >= 0.3 is 6.18 Å². The molecule has 1 fully saturated rings. The Labute approximate surface area is 95.0 Å². The van der Waals surface area contributed by atoms with E-state index in [9.17, 15) is 13.2 Å². The van der Waals surface area contributed by atoms with Crippen LogP contribution in [0.1, 0.15) is 32.1 Å². The van der Waals surface area contributed by atoms with Gasteiger partial charge < -0.3 is 10.6 Å². The van der Waals surface area contributed by atoms with Crippen molar-refractivity contribution in [3.05, 3.63) is 0 Å². The van der Waals surface area contributed by atoms with E-state index < -0.39 is 12.1 Å². The van der Waals surface area contributed by atoms with Crippen LogP contribution in [0.5, 0.6) is 0 Å². The monoisotopic (exact) mass is 238 g/mol. The van der Waals surface area contributed by atoms with Gasteiger partial charge in [0.2, 0.25) is 0 Å². The maximum absolute atomic E-state index is 12.5. The summed E-state index contributed by atoms with van der Waals surface area (Å²) in [6.07, 6.45) is 1.35. The number of halogens is 3. The van der Waals surface area contributed by atoms with Crippen molar-refractivity contribution in [3.63, 3.8) is 0 Å². The van der Waals surface area contributed by atoms with Gasteiger partial charge in [0.15, 0.2) is 0 Å². The fraction of sp³-hybridized carbons (Fsp3) is 1.00. The third-order valence-corrected chi connectivity index (χ3v) is 3.45. The zero-order valence-electron chi connectivity index (χ0n) is 9.76. The molecule has 2 nitrogen and oxygen atoms in total. The van der Waals surface area contributed by atoms with E-state index in [0.29, 0.717) is 6.04 Å². The van der Waals surface area contributed by atoms with Gasteiger partial charge in [-0.25, -0.2) is 0 Å². The molecular weight excluding hydrogens is 217 g/mol. The molecule has 0 bridgehead atoms. The van der Waals surface area contributed by atoms with Crippen LogP contribution >= 0.6 is 0 Å². The first-order chi connectivity index (χ1) is 7.45. The average molecular weight is 238 g/mol. The first kappa shape index (κ1) is 13.8. The summed E-state index contributed by atoms with van der Waals surface area (Å²) >= 11 is 0. The number of hydrogen-bond acceptors (Lipinski definition) is 2. The first-order valence-electron chi connectivity index (χ1n) is 5.92. The Kier molecular flexibility index (Phi) is 5.05. The molecule has 1 unspecified atom stereocenters. The molecule has 0 heterocycles. The molecule has 96 valence electrons. The van der Waals surface area contributed by atoms with Crippen molar-refractivity contribution in [2.24, 2.45) is 11.7 Å². The van der Waals surface area contributed by atoms with Crippen LogP contribution in [-0.4, -0.2) is 37.3 Å².